The second kappa shape index (κ2) is 5.41. The standard InChI is InChI=1S/C12H15F2N3O/c13-8-1-2-10(14)11(5-8)16-12(18)7-17-4-3-9(15)6-17/h1-2,5,9H,3-4,6-7,15H2,(H,16,18)/t9-/m0/s1. The third-order valence-electron chi connectivity index (χ3n) is 2.88. The third kappa shape index (κ3) is 3.24. The Morgan fingerprint density at radius 1 is 1.50 bits per heavy atom. The van der Waals surface area contributed by atoms with E-state index in [-0.39, 0.29) is 24.2 Å². The van der Waals surface area contributed by atoms with E-state index in [1.54, 1.807) is 0 Å². The van der Waals surface area contributed by atoms with Gasteiger partial charge in [-0.05, 0) is 18.6 Å². The molecule has 1 aromatic carbocycles. The van der Waals surface area contributed by atoms with Gasteiger partial charge in [-0.2, -0.15) is 0 Å². The first kappa shape index (κ1) is 12.9. The van der Waals surface area contributed by atoms with Crippen LogP contribution in [0, 0.1) is 11.6 Å². The smallest absolute Gasteiger partial charge is 0.238 e. The number of carbonyl (C=O) groups excluding carboxylic acids is 1. The largest absolute Gasteiger partial charge is 0.326 e. The zero-order valence-corrected chi connectivity index (χ0v) is 9.83. The molecule has 2 rings (SSSR count). The molecule has 0 aromatic heterocycles. The van der Waals surface area contributed by atoms with E-state index >= 15 is 0 Å². The fraction of sp³-hybridized carbons (Fsp3) is 0.417. The van der Waals surface area contributed by atoms with Crippen molar-refractivity contribution in [1.82, 2.24) is 4.90 Å². The van der Waals surface area contributed by atoms with Gasteiger partial charge in [0.15, 0.2) is 0 Å². The van der Waals surface area contributed by atoms with Crippen LogP contribution >= 0.6 is 0 Å². The molecule has 1 aliphatic heterocycles. The number of benzene rings is 1. The molecule has 98 valence electrons. The van der Waals surface area contributed by atoms with Crippen LogP contribution in [0.3, 0.4) is 0 Å². The highest BCUT2D eigenvalue weighted by atomic mass is 19.1. The van der Waals surface area contributed by atoms with Crippen molar-refractivity contribution in [3.8, 4) is 0 Å². The van der Waals surface area contributed by atoms with Crippen LogP contribution in [0.5, 0.6) is 0 Å². The zero-order valence-electron chi connectivity index (χ0n) is 9.83. The maximum Gasteiger partial charge on any atom is 0.238 e. The van der Waals surface area contributed by atoms with Gasteiger partial charge in [-0.1, -0.05) is 0 Å². The molecule has 0 radical (unpaired) electrons. The number of rotatable bonds is 3. The zero-order chi connectivity index (χ0) is 13.1. The van der Waals surface area contributed by atoms with Crippen molar-refractivity contribution in [1.29, 1.82) is 0 Å². The summed E-state index contributed by atoms with van der Waals surface area (Å²) in [7, 11) is 0. The molecule has 4 nitrogen and oxygen atoms in total. The summed E-state index contributed by atoms with van der Waals surface area (Å²) < 4.78 is 26.2. The third-order valence-corrected chi connectivity index (χ3v) is 2.88. The highest BCUT2D eigenvalue weighted by Gasteiger charge is 2.21. The van der Waals surface area contributed by atoms with Gasteiger partial charge in [-0.15, -0.1) is 0 Å². The number of hydrogen-bond donors (Lipinski definition) is 2. The Bertz CT molecular complexity index is 453. The minimum atomic E-state index is -0.650. The maximum absolute atomic E-state index is 13.3. The first-order valence-electron chi connectivity index (χ1n) is 5.77. The minimum absolute atomic E-state index is 0.0868. The normalized spacial score (nSPS) is 20.1. The lowest BCUT2D eigenvalue weighted by atomic mass is 10.3. The summed E-state index contributed by atoms with van der Waals surface area (Å²) in [6.45, 7) is 1.54. The number of carbonyl (C=O) groups is 1. The van der Waals surface area contributed by atoms with Crippen LogP contribution in [0.2, 0.25) is 0 Å². The van der Waals surface area contributed by atoms with Crippen molar-refractivity contribution in [2.45, 2.75) is 12.5 Å². The number of nitrogens with two attached hydrogens (primary N) is 1. The number of anilines is 1. The van der Waals surface area contributed by atoms with E-state index in [1.165, 1.54) is 0 Å². The van der Waals surface area contributed by atoms with E-state index in [0.717, 1.165) is 31.2 Å². The number of hydrogen-bond acceptors (Lipinski definition) is 3. The SMILES string of the molecule is N[C@H]1CCN(CC(=O)Nc2cc(F)ccc2F)C1. The molecule has 1 fully saturated rings. The highest BCUT2D eigenvalue weighted by molar-refractivity contribution is 5.92. The predicted molar refractivity (Wildman–Crippen MR) is 64.0 cm³/mol. The van der Waals surface area contributed by atoms with Crippen molar-refractivity contribution in [3.05, 3.63) is 29.8 Å². The van der Waals surface area contributed by atoms with Gasteiger partial charge in [0.2, 0.25) is 5.91 Å². The Morgan fingerprint density at radius 2 is 2.28 bits per heavy atom. The van der Waals surface area contributed by atoms with Crippen LogP contribution < -0.4 is 11.1 Å². The second-order valence-corrected chi connectivity index (χ2v) is 4.46. The molecular formula is C12H15F2N3O. The van der Waals surface area contributed by atoms with Crippen molar-refractivity contribution < 1.29 is 13.6 Å². The average Bonchev–Trinajstić information content (AvgIpc) is 2.69. The predicted octanol–water partition coefficient (Wildman–Crippen LogP) is 0.936. The number of nitrogens with zero attached hydrogens (tertiary/aromatic N) is 1. The van der Waals surface area contributed by atoms with Crippen molar-refractivity contribution in [2.24, 2.45) is 5.73 Å². The van der Waals surface area contributed by atoms with Gasteiger partial charge >= 0.3 is 0 Å². The Balaban J connectivity index is 1.92. The van der Waals surface area contributed by atoms with E-state index in [2.05, 4.69) is 5.32 Å². The van der Waals surface area contributed by atoms with Crippen molar-refractivity contribution >= 4 is 11.6 Å². The lowest BCUT2D eigenvalue weighted by Crippen LogP contribution is -2.33. The van der Waals surface area contributed by atoms with E-state index < -0.39 is 11.6 Å². The summed E-state index contributed by atoms with van der Waals surface area (Å²) in [5, 5.41) is 2.36. The van der Waals surface area contributed by atoms with E-state index in [4.69, 9.17) is 5.73 Å². The molecule has 0 aliphatic carbocycles. The highest BCUT2D eigenvalue weighted by Crippen LogP contribution is 2.15. The van der Waals surface area contributed by atoms with Crippen molar-refractivity contribution in [2.75, 3.05) is 25.0 Å². The van der Waals surface area contributed by atoms with Gasteiger partial charge in [0, 0.05) is 25.2 Å². The molecular weight excluding hydrogens is 240 g/mol. The summed E-state index contributed by atoms with van der Waals surface area (Å²) >= 11 is 0. The molecule has 0 unspecified atom stereocenters. The monoisotopic (exact) mass is 255 g/mol. The molecule has 1 amide bonds. The summed E-state index contributed by atoms with van der Waals surface area (Å²) in [4.78, 5) is 13.5. The molecule has 1 saturated heterocycles. The van der Waals surface area contributed by atoms with Crippen molar-refractivity contribution in [3.63, 3.8) is 0 Å². The molecule has 3 N–H and O–H groups in total. The maximum atomic E-state index is 13.3. The fourth-order valence-corrected chi connectivity index (χ4v) is 1.99. The summed E-state index contributed by atoms with van der Waals surface area (Å²) in [6, 6.07) is 3.04. The first-order valence-corrected chi connectivity index (χ1v) is 5.77. The molecule has 0 spiro atoms. The Hall–Kier alpha value is -1.53. The van der Waals surface area contributed by atoms with Crippen LogP contribution in [-0.4, -0.2) is 36.5 Å². The quantitative estimate of drug-likeness (QED) is 0.845. The van der Waals surface area contributed by atoms with Crippen LogP contribution in [0.15, 0.2) is 18.2 Å². The summed E-state index contributed by atoms with van der Waals surface area (Å²) in [6.07, 6.45) is 0.849. The minimum Gasteiger partial charge on any atom is -0.326 e. The van der Waals surface area contributed by atoms with Crippen LogP contribution in [0.4, 0.5) is 14.5 Å². The summed E-state index contributed by atoms with van der Waals surface area (Å²) in [5.74, 6) is -1.61. The van der Waals surface area contributed by atoms with Crippen LogP contribution in [0.1, 0.15) is 6.42 Å². The molecule has 18 heavy (non-hydrogen) atoms. The Morgan fingerprint density at radius 3 is 2.94 bits per heavy atom. The van der Waals surface area contributed by atoms with Crippen LogP contribution in [-0.2, 0) is 4.79 Å². The molecule has 0 bridgehead atoms. The Labute approximate surface area is 104 Å². The lowest BCUT2D eigenvalue weighted by molar-refractivity contribution is -0.117. The number of amides is 1. The van der Waals surface area contributed by atoms with Gasteiger partial charge in [-0.3, -0.25) is 9.69 Å². The fourth-order valence-electron chi connectivity index (χ4n) is 1.99. The molecule has 1 heterocycles. The van der Waals surface area contributed by atoms with Crippen LogP contribution in [0.25, 0.3) is 0 Å². The second-order valence-electron chi connectivity index (χ2n) is 4.46. The van der Waals surface area contributed by atoms with Gasteiger partial charge in [-0.25, -0.2) is 8.78 Å². The number of likely N-dealkylation sites (tertiary alicyclic amines) is 1. The van der Waals surface area contributed by atoms with E-state index in [1.807, 2.05) is 4.90 Å². The number of halogens is 2. The van der Waals surface area contributed by atoms with Gasteiger partial charge in [0.1, 0.15) is 11.6 Å². The molecule has 0 saturated carbocycles. The molecule has 1 atom stereocenters. The van der Waals surface area contributed by atoms with Gasteiger partial charge in [0.05, 0.1) is 12.2 Å². The number of nitrogens with one attached hydrogen (secondary N) is 1. The van der Waals surface area contributed by atoms with Gasteiger partial charge < -0.3 is 11.1 Å². The molecule has 1 aliphatic rings. The summed E-state index contributed by atoms with van der Waals surface area (Å²) in [5.41, 5.74) is 5.58. The Kier molecular flexibility index (Phi) is 3.88. The van der Waals surface area contributed by atoms with Gasteiger partial charge in [0.25, 0.3) is 0 Å². The first-order chi connectivity index (χ1) is 8.54. The lowest BCUT2D eigenvalue weighted by Gasteiger charge is -2.14. The average molecular weight is 255 g/mol. The molecule has 6 heteroatoms. The molecule has 1 aromatic rings. The van der Waals surface area contributed by atoms with E-state index in [0.29, 0.717) is 6.54 Å². The topological polar surface area (TPSA) is 58.4 Å². The van der Waals surface area contributed by atoms with E-state index in [9.17, 15) is 13.6 Å².